The molecule has 11 aromatic rings. The van der Waals surface area contributed by atoms with Gasteiger partial charge in [-0.25, -0.2) is 4.98 Å². The molecule has 0 aliphatic heterocycles. The summed E-state index contributed by atoms with van der Waals surface area (Å²) in [5.74, 6) is 0.768. The average molecular weight is 779 g/mol. The minimum atomic E-state index is -0.548. The number of pyridine rings is 1. The van der Waals surface area contributed by atoms with Crippen LogP contribution in [0, 0.1) is 0 Å². The first-order valence-corrected chi connectivity index (χ1v) is 20.9. The van der Waals surface area contributed by atoms with Gasteiger partial charge in [0.2, 0.25) is 0 Å². The van der Waals surface area contributed by atoms with E-state index in [0.717, 1.165) is 61.2 Å². The van der Waals surface area contributed by atoms with E-state index in [0.29, 0.717) is 0 Å². The summed E-state index contributed by atoms with van der Waals surface area (Å²) in [6, 6.07) is 80.9. The summed E-state index contributed by atoms with van der Waals surface area (Å²) < 4.78 is 6.69. The number of furan rings is 1. The summed E-state index contributed by atoms with van der Waals surface area (Å²) >= 11 is 0. The van der Waals surface area contributed by atoms with Crippen molar-refractivity contribution < 1.29 is 4.42 Å². The van der Waals surface area contributed by atoms with Crippen molar-refractivity contribution >= 4 is 49.9 Å². The van der Waals surface area contributed by atoms with E-state index in [9.17, 15) is 0 Å². The predicted molar refractivity (Wildman–Crippen MR) is 252 cm³/mol. The summed E-state index contributed by atoms with van der Waals surface area (Å²) in [6.07, 6.45) is 1.98. The van der Waals surface area contributed by atoms with Crippen LogP contribution in [0.1, 0.15) is 22.3 Å². The van der Waals surface area contributed by atoms with Crippen LogP contribution in [0.2, 0.25) is 0 Å². The van der Waals surface area contributed by atoms with Crippen LogP contribution in [0.4, 0.5) is 17.2 Å². The van der Waals surface area contributed by atoms with E-state index >= 15 is 0 Å². The number of aromatic nitrogens is 1. The van der Waals surface area contributed by atoms with Crippen molar-refractivity contribution in [2.75, 3.05) is 4.90 Å². The zero-order valence-electron chi connectivity index (χ0n) is 33.2. The van der Waals surface area contributed by atoms with E-state index in [1.54, 1.807) is 0 Å². The normalized spacial score (nSPS) is 12.7. The second-order valence-electron chi connectivity index (χ2n) is 15.9. The topological polar surface area (TPSA) is 29.3 Å². The van der Waals surface area contributed by atoms with Crippen LogP contribution in [-0.2, 0) is 5.41 Å². The number of hydrogen-bond acceptors (Lipinski definition) is 3. The molecule has 0 radical (unpaired) electrons. The molecule has 1 aliphatic rings. The molecule has 0 spiro atoms. The lowest BCUT2D eigenvalue weighted by molar-refractivity contribution is 0.669. The predicted octanol–water partition coefficient (Wildman–Crippen LogP) is 15.3. The molecule has 3 heteroatoms. The third-order valence-electron chi connectivity index (χ3n) is 12.6. The Kier molecular flexibility index (Phi) is 8.07. The van der Waals surface area contributed by atoms with Crippen LogP contribution >= 0.6 is 0 Å². The zero-order valence-corrected chi connectivity index (χ0v) is 33.2. The number of nitrogens with zero attached hydrogens (tertiary/aromatic N) is 2. The van der Waals surface area contributed by atoms with Gasteiger partial charge in [0.1, 0.15) is 17.0 Å². The average Bonchev–Trinajstić information content (AvgIpc) is 3.84. The Balaban J connectivity index is 1.15. The van der Waals surface area contributed by atoms with Gasteiger partial charge in [-0.2, -0.15) is 0 Å². The van der Waals surface area contributed by atoms with Crippen LogP contribution in [0.3, 0.4) is 0 Å². The molecule has 61 heavy (non-hydrogen) atoms. The van der Waals surface area contributed by atoms with E-state index in [1.165, 1.54) is 44.3 Å². The summed E-state index contributed by atoms with van der Waals surface area (Å²) in [6.45, 7) is 0. The van der Waals surface area contributed by atoms with E-state index in [-0.39, 0.29) is 0 Å². The van der Waals surface area contributed by atoms with Gasteiger partial charge >= 0.3 is 0 Å². The van der Waals surface area contributed by atoms with Gasteiger partial charge in [-0.1, -0.05) is 182 Å². The SMILES string of the molecule is c1ccc(-c2ccc(N(c3cc4oc5cc6ccccc6cc5c4cn3)c3cc4c(cc3-c3ccccc3)C(c3ccccc3)(c3ccccc3)c3ccccc3-4)cc2)cc1. The molecule has 0 bridgehead atoms. The van der Waals surface area contributed by atoms with Gasteiger partial charge in [0.25, 0.3) is 0 Å². The molecule has 0 saturated carbocycles. The second-order valence-corrected chi connectivity index (χ2v) is 15.9. The van der Waals surface area contributed by atoms with Gasteiger partial charge in [0, 0.05) is 34.3 Å². The van der Waals surface area contributed by atoms with Crippen LogP contribution in [0.15, 0.2) is 235 Å². The number of rotatable bonds is 7. The molecule has 286 valence electrons. The fourth-order valence-corrected chi connectivity index (χ4v) is 9.81. The van der Waals surface area contributed by atoms with Crippen LogP contribution in [-0.4, -0.2) is 4.98 Å². The van der Waals surface area contributed by atoms with Gasteiger partial charge in [-0.15, -0.1) is 0 Å². The molecule has 3 nitrogen and oxygen atoms in total. The standard InChI is InChI=1S/C58H38N2O/c1-5-17-39(18-6-1)40-29-31-46(32-30-40)60(57-37-56-51(38-59-57)50-33-42-21-13-14-22-43(42)34-55(50)61-56)54-36-49-47-27-15-16-28-52(47)58(44-23-9-3-10-24-44,45-25-11-4-12-26-45)53(49)35-48(54)41-19-7-2-8-20-41/h1-38H. The molecule has 9 aromatic carbocycles. The molecule has 12 rings (SSSR count). The highest BCUT2D eigenvalue weighted by Crippen LogP contribution is 2.59. The lowest BCUT2D eigenvalue weighted by atomic mass is 9.67. The van der Waals surface area contributed by atoms with Crippen molar-refractivity contribution in [3.05, 3.63) is 253 Å². The first kappa shape index (κ1) is 35.0. The Hall–Kier alpha value is -8.01. The lowest BCUT2D eigenvalue weighted by Crippen LogP contribution is -2.28. The van der Waals surface area contributed by atoms with E-state index in [2.05, 4.69) is 229 Å². The van der Waals surface area contributed by atoms with Gasteiger partial charge in [0.15, 0.2) is 0 Å². The minimum Gasteiger partial charge on any atom is -0.456 e. The molecule has 0 N–H and O–H groups in total. The molecular weight excluding hydrogens is 741 g/mol. The first-order chi connectivity index (χ1) is 30.2. The highest BCUT2D eigenvalue weighted by atomic mass is 16.3. The van der Waals surface area contributed by atoms with Crippen LogP contribution < -0.4 is 4.90 Å². The molecule has 0 atom stereocenters. The molecule has 0 fully saturated rings. The maximum atomic E-state index is 6.69. The molecule has 0 unspecified atom stereocenters. The molecule has 1 aliphatic carbocycles. The minimum absolute atomic E-state index is 0.548. The zero-order chi connectivity index (χ0) is 40.3. The quantitative estimate of drug-likeness (QED) is 0.161. The lowest BCUT2D eigenvalue weighted by Gasteiger charge is -2.35. The van der Waals surface area contributed by atoms with Crippen LogP contribution in [0.25, 0.3) is 66.1 Å². The fourth-order valence-electron chi connectivity index (χ4n) is 9.81. The Morgan fingerprint density at radius 1 is 0.393 bits per heavy atom. The largest absolute Gasteiger partial charge is 0.456 e. The van der Waals surface area contributed by atoms with Crippen molar-refractivity contribution in [3.63, 3.8) is 0 Å². The van der Waals surface area contributed by atoms with E-state index in [4.69, 9.17) is 9.40 Å². The highest BCUT2D eigenvalue weighted by Gasteiger charge is 2.46. The smallest absolute Gasteiger partial charge is 0.141 e. The Bertz CT molecular complexity index is 3350. The Morgan fingerprint density at radius 3 is 1.64 bits per heavy atom. The van der Waals surface area contributed by atoms with Crippen molar-refractivity contribution in [1.29, 1.82) is 0 Å². The van der Waals surface area contributed by atoms with E-state index in [1.807, 2.05) is 6.20 Å². The monoisotopic (exact) mass is 778 g/mol. The van der Waals surface area contributed by atoms with Gasteiger partial charge in [-0.05, 0) is 97.2 Å². The number of anilines is 3. The van der Waals surface area contributed by atoms with Crippen molar-refractivity contribution in [2.24, 2.45) is 0 Å². The van der Waals surface area contributed by atoms with Crippen molar-refractivity contribution in [3.8, 4) is 33.4 Å². The van der Waals surface area contributed by atoms with E-state index < -0.39 is 5.41 Å². The summed E-state index contributed by atoms with van der Waals surface area (Å²) in [7, 11) is 0. The highest BCUT2D eigenvalue weighted by molar-refractivity contribution is 6.10. The Morgan fingerprint density at radius 2 is 0.951 bits per heavy atom. The van der Waals surface area contributed by atoms with Gasteiger partial charge in [-0.3, -0.25) is 4.90 Å². The summed E-state index contributed by atoms with van der Waals surface area (Å²) in [5.41, 5.74) is 15.1. The number of benzene rings is 9. The van der Waals surface area contributed by atoms with Crippen LogP contribution in [0.5, 0.6) is 0 Å². The summed E-state index contributed by atoms with van der Waals surface area (Å²) in [4.78, 5) is 7.62. The third kappa shape index (κ3) is 5.55. The second kappa shape index (κ2) is 14.1. The first-order valence-electron chi connectivity index (χ1n) is 20.9. The van der Waals surface area contributed by atoms with Gasteiger partial charge in [0.05, 0.1) is 11.1 Å². The fraction of sp³-hybridized carbons (Fsp3) is 0.0172. The summed E-state index contributed by atoms with van der Waals surface area (Å²) in [5, 5.41) is 4.37. The number of fused-ring (bicyclic) bond motifs is 7. The number of hydrogen-bond donors (Lipinski definition) is 0. The molecule has 2 aromatic heterocycles. The maximum Gasteiger partial charge on any atom is 0.141 e. The molecular formula is C58H38N2O. The molecule has 2 heterocycles. The molecule has 0 saturated heterocycles. The molecule has 0 amide bonds. The van der Waals surface area contributed by atoms with Crippen molar-refractivity contribution in [2.45, 2.75) is 5.41 Å². The van der Waals surface area contributed by atoms with Gasteiger partial charge < -0.3 is 4.42 Å². The third-order valence-corrected chi connectivity index (χ3v) is 12.6. The van der Waals surface area contributed by atoms with Crippen molar-refractivity contribution in [1.82, 2.24) is 4.98 Å². The maximum absolute atomic E-state index is 6.69. The Labute approximate surface area is 354 Å².